The largest absolute Gasteiger partial charge is 0.481 e. The highest BCUT2D eigenvalue weighted by atomic mass is 16.4. The van der Waals surface area contributed by atoms with Crippen LogP contribution in [-0.2, 0) is 4.79 Å². The molecule has 0 heterocycles. The van der Waals surface area contributed by atoms with Gasteiger partial charge in [-0.3, -0.25) is 4.79 Å². The zero-order valence-corrected chi connectivity index (χ0v) is 6.55. The second-order valence-corrected chi connectivity index (χ2v) is 2.55. The van der Waals surface area contributed by atoms with E-state index < -0.39 is 5.97 Å². The summed E-state index contributed by atoms with van der Waals surface area (Å²) in [6.07, 6.45) is 1.08. The number of aliphatic carboxylic acids is 1. The van der Waals surface area contributed by atoms with E-state index in [-0.39, 0.29) is 12.3 Å². The van der Waals surface area contributed by atoms with Crippen molar-refractivity contribution in [3.05, 3.63) is 12.2 Å². The summed E-state index contributed by atoms with van der Waals surface area (Å²) in [5.74, 6) is -0.590. The zero-order chi connectivity index (χ0) is 8.15. The SMILES string of the molecule is C=C(C)C(CC)CC(=O)O. The number of carbonyl (C=O) groups is 1. The summed E-state index contributed by atoms with van der Waals surface area (Å²) in [7, 11) is 0. The van der Waals surface area contributed by atoms with Gasteiger partial charge in [-0.05, 0) is 19.3 Å². The van der Waals surface area contributed by atoms with E-state index in [0.29, 0.717) is 0 Å². The molecule has 0 radical (unpaired) electrons. The molecule has 0 spiro atoms. The van der Waals surface area contributed by atoms with Crippen LogP contribution in [0.4, 0.5) is 0 Å². The lowest BCUT2D eigenvalue weighted by molar-refractivity contribution is -0.137. The third-order valence-corrected chi connectivity index (χ3v) is 1.61. The molecule has 0 saturated carbocycles. The van der Waals surface area contributed by atoms with Crippen molar-refractivity contribution in [3.63, 3.8) is 0 Å². The number of hydrogen-bond acceptors (Lipinski definition) is 1. The molecule has 2 heteroatoms. The van der Waals surface area contributed by atoms with Crippen molar-refractivity contribution in [2.75, 3.05) is 0 Å². The average Bonchev–Trinajstić information content (AvgIpc) is 1.81. The summed E-state index contributed by atoms with van der Waals surface area (Å²) in [4.78, 5) is 10.2. The summed E-state index contributed by atoms with van der Waals surface area (Å²) in [5, 5.41) is 8.42. The Labute approximate surface area is 61.6 Å². The van der Waals surface area contributed by atoms with Gasteiger partial charge in [0.05, 0.1) is 6.42 Å². The monoisotopic (exact) mass is 142 g/mol. The van der Waals surface area contributed by atoms with Crippen LogP contribution >= 0.6 is 0 Å². The molecule has 0 aromatic carbocycles. The van der Waals surface area contributed by atoms with Crippen molar-refractivity contribution in [1.82, 2.24) is 0 Å². The van der Waals surface area contributed by atoms with E-state index in [4.69, 9.17) is 5.11 Å². The van der Waals surface area contributed by atoms with Gasteiger partial charge in [0.2, 0.25) is 0 Å². The van der Waals surface area contributed by atoms with E-state index >= 15 is 0 Å². The van der Waals surface area contributed by atoms with Crippen molar-refractivity contribution in [2.24, 2.45) is 5.92 Å². The van der Waals surface area contributed by atoms with Crippen LogP contribution < -0.4 is 0 Å². The number of hydrogen-bond donors (Lipinski definition) is 1. The summed E-state index contributed by atoms with van der Waals surface area (Å²) >= 11 is 0. The number of carboxylic acids is 1. The molecule has 0 amide bonds. The van der Waals surface area contributed by atoms with E-state index in [1.807, 2.05) is 13.8 Å². The Morgan fingerprint density at radius 1 is 1.70 bits per heavy atom. The minimum atomic E-state index is -0.741. The lowest BCUT2D eigenvalue weighted by Gasteiger charge is -2.10. The molecule has 1 unspecified atom stereocenters. The quantitative estimate of drug-likeness (QED) is 0.610. The third-order valence-electron chi connectivity index (χ3n) is 1.61. The Kier molecular flexibility index (Phi) is 3.77. The number of rotatable bonds is 4. The standard InChI is InChI=1S/C8H14O2/c1-4-7(6(2)3)5-8(9)10/h7H,2,4-5H2,1,3H3,(H,9,10). The van der Waals surface area contributed by atoms with Gasteiger partial charge in [0.1, 0.15) is 0 Å². The second-order valence-electron chi connectivity index (χ2n) is 2.55. The highest BCUT2D eigenvalue weighted by molar-refractivity contribution is 5.67. The third kappa shape index (κ3) is 3.28. The van der Waals surface area contributed by atoms with E-state index in [0.717, 1.165) is 12.0 Å². The summed E-state index contributed by atoms with van der Waals surface area (Å²) in [6.45, 7) is 7.56. The minimum absolute atomic E-state index is 0.150. The van der Waals surface area contributed by atoms with Gasteiger partial charge in [-0.2, -0.15) is 0 Å². The van der Waals surface area contributed by atoms with Gasteiger partial charge in [-0.25, -0.2) is 0 Å². The molecule has 0 rings (SSSR count). The second kappa shape index (κ2) is 4.09. The van der Waals surface area contributed by atoms with Gasteiger partial charge in [0.15, 0.2) is 0 Å². The Morgan fingerprint density at radius 2 is 2.20 bits per heavy atom. The Hall–Kier alpha value is -0.790. The van der Waals surface area contributed by atoms with Crippen LogP contribution in [0.3, 0.4) is 0 Å². The van der Waals surface area contributed by atoms with Crippen molar-refractivity contribution >= 4 is 5.97 Å². The molecule has 0 saturated heterocycles. The fourth-order valence-corrected chi connectivity index (χ4v) is 0.878. The topological polar surface area (TPSA) is 37.3 Å². The van der Waals surface area contributed by atoms with Crippen LogP contribution in [0, 0.1) is 5.92 Å². The molecule has 0 fully saturated rings. The maximum Gasteiger partial charge on any atom is 0.303 e. The molecule has 0 bridgehead atoms. The highest BCUT2D eigenvalue weighted by Crippen LogP contribution is 2.16. The average molecular weight is 142 g/mol. The maximum atomic E-state index is 10.2. The van der Waals surface area contributed by atoms with Crippen LogP contribution in [0.5, 0.6) is 0 Å². The predicted molar refractivity (Wildman–Crippen MR) is 40.8 cm³/mol. The van der Waals surface area contributed by atoms with Crippen LogP contribution in [0.25, 0.3) is 0 Å². The normalized spacial score (nSPS) is 12.6. The summed E-state index contributed by atoms with van der Waals surface area (Å²) in [6, 6.07) is 0. The smallest absolute Gasteiger partial charge is 0.303 e. The lowest BCUT2D eigenvalue weighted by atomic mass is 9.96. The van der Waals surface area contributed by atoms with E-state index in [9.17, 15) is 4.79 Å². The molecule has 10 heavy (non-hydrogen) atoms. The molecule has 0 aliphatic rings. The first-order valence-corrected chi connectivity index (χ1v) is 3.45. The molecule has 1 N–H and O–H groups in total. The molecule has 0 aliphatic carbocycles. The van der Waals surface area contributed by atoms with Gasteiger partial charge in [0, 0.05) is 0 Å². The Balaban J connectivity index is 3.83. The molecule has 58 valence electrons. The molecular formula is C8H14O2. The molecular weight excluding hydrogens is 128 g/mol. The van der Waals surface area contributed by atoms with Crippen molar-refractivity contribution < 1.29 is 9.90 Å². The Bertz CT molecular complexity index is 138. The molecule has 0 aromatic heterocycles. The molecule has 0 aliphatic heterocycles. The Morgan fingerprint density at radius 3 is 2.30 bits per heavy atom. The predicted octanol–water partition coefficient (Wildman–Crippen LogP) is 2.06. The van der Waals surface area contributed by atoms with E-state index in [2.05, 4.69) is 6.58 Å². The van der Waals surface area contributed by atoms with Gasteiger partial charge >= 0.3 is 5.97 Å². The number of carboxylic acid groups (broad SMARTS) is 1. The van der Waals surface area contributed by atoms with Crippen molar-refractivity contribution in [1.29, 1.82) is 0 Å². The zero-order valence-electron chi connectivity index (χ0n) is 6.55. The highest BCUT2D eigenvalue weighted by Gasteiger charge is 2.10. The molecule has 2 nitrogen and oxygen atoms in total. The molecule has 1 atom stereocenters. The lowest BCUT2D eigenvalue weighted by Crippen LogP contribution is -2.07. The van der Waals surface area contributed by atoms with Gasteiger partial charge in [0.25, 0.3) is 0 Å². The van der Waals surface area contributed by atoms with E-state index in [1.54, 1.807) is 0 Å². The fraction of sp³-hybridized carbons (Fsp3) is 0.625. The van der Waals surface area contributed by atoms with Crippen LogP contribution in [-0.4, -0.2) is 11.1 Å². The first-order chi connectivity index (χ1) is 4.57. The van der Waals surface area contributed by atoms with Gasteiger partial charge < -0.3 is 5.11 Å². The van der Waals surface area contributed by atoms with Crippen LogP contribution in [0.1, 0.15) is 26.7 Å². The summed E-state index contributed by atoms with van der Waals surface area (Å²) in [5.41, 5.74) is 0.963. The summed E-state index contributed by atoms with van der Waals surface area (Å²) < 4.78 is 0. The fourth-order valence-electron chi connectivity index (χ4n) is 0.878. The van der Waals surface area contributed by atoms with Crippen molar-refractivity contribution in [2.45, 2.75) is 26.7 Å². The van der Waals surface area contributed by atoms with Crippen LogP contribution in [0.15, 0.2) is 12.2 Å². The minimum Gasteiger partial charge on any atom is -0.481 e. The number of allylic oxidation sites excluding steroid dienone is 1. The first kappa shape index (κ1) is 9.21. The first-order valence-electron chi connectivity index (χ1n) is 3.45. The van der Waals surface area contributed by atoms with Gasteiger partial charge in [-0.15, -0.1) is 0 Å². The maximum absolute atomic E-state index is 10.2. The van der Waals surface area contributed by atoms with Crippen LogP contribution in [0.2, 0.25) is 0 Å². The molecule has 0 aromatic rings. The van der Waals surface area contributed by atoms with Gasteiger partial charge in [-0.1, -0.05) is 19.1 Å². The van der Waals surface area contributed by atoms with E-state index in [1.165, 1.54) is 0 Å². The van der Waals surface area contributed by atoms with Crippen molar-refractivity contribution in [3.8, 4) is 0 Å².